The van der Waals surface area contributed by atoms with E-state index in [2.05, 4.69) is 21.7 Å². The van der Waals surface area contributed by atoms with Gasteiger partial charge in [-0.25, -0.2) is 4.98 Å². The van der Waals surface area contributed by atoms with E-state index in [9.17, 15) is 0 Å². The second-order valence-corrected chi connectivity index (χ2v) is 4.03. The van der Waals surface area contributed by atoms with E-state index in [0.717, 1.165) is 18.4 Å². The van der Waals surface area contributed by atoms with E-state index in [-0.39, 0.29) is 0 Å². The van der Waals surface area contributed by atoms with Crippen molar-refractivity contribution in [2.24, 2.45) is 5.73 Å². The van der Waals surface area contributed by atoms with Crippen molar-refractivity contribution in [1.29, 1.82) is 0 Å². The molecule has 1 saturated carbocycles. The van der Waals surface area contributed by atoms with Crippen LogP contribution in [0.3, 0.4) is 0 Å². The zero-order valence-corrected chi connectivity index (χ0v) is 7.93. The fraction of sp³-hybridized carbons (Fsp3) is 0.364. The monoisotopic (exact) mass is 187 g/mol. The topological polar surface area (TPSA) is 43.8 Å². The average molecular weight is 187 g/mol. The number of benzene rings is 1. The average Bonchev–Trinajstić information content (AvgIpc) is 2.56. The number of para-hydroxylation sites is 2. The summed E-state index contributed by atoms with van der Waals surface area (Å²) >= 11 is 0. The summed E-state index contributed by atoms with van der Waals surface area (Å²) in [5.41, 5.74) is 8.09. The molecule has 0 unspecified atom stereocenters. The molecule has 0 atom stereocenters. The first kappa shape index (κ1) is 8.00. The van der Waals surface area contributed by atoms with Crippen molar-refractivity contribution in [3.05, 3.63) is 30.6 Å². The summed E-state index contributed by atoms with van der Waals surface area (Å²) in [5.74, 6) is 0. The van der Waals surface area contributed by atoms with Gasteiger partial charge in [0, 0.05) is 12.1 Å². The number of nitrogens with zero attached hydrogens (tertiary/aromatic N) is 2. The van der Waals surface area contributed by atoms with Gasteiger partial charge in [0.15, 0.2) is 0 Å². The maximum atomic E-state index is 5.79. The maximum Gasteiger partial charge on any atom is 0.0960 e. The molecule has 0 amide bonds. The summed E-state index contributed by atoms with van der Waals surface area (Å²) in [4.78, 5) is 4.37. The fourth-order valence-corrected chi connectivity index (χ4v) is 2.13. The molecule has 1 aliphatic carbocycles. The number of imidazole rings is 1. The van der Waals surface area contributed by atoms with Crippen LogP contribution in [0, 0.1) is 0 Å². The zero-order chi connectivity index (χ0) is 9.54. The van der Waals surface area contributed by atoms with E-state index >= 15 is 0 Å². The minimum Gasteiger partial charge on any atom is -0.328 e. The molecule has 3 nitrogen and oxygen atoms in total. The Balaban J connectivity index is 2.05. The Bertz CT molecular complexity index is 454. The van der Waals surface area contributed by atoms with Crippen LogP contribution in [0.15, 0.2) is 30.6 Å². The highest BCUT2D eigenvalue weighted by Crippen LogP contribution is 2.32. The van der Waals surface area contributed by atoms with Gasteiger partial charge in [0.05, 0.1) is 17.4 Å². The highest BCUT2D eigenvalue weighted by molar-refractivity contribution is 5.75. The van der Waals surface area contributed by atoms with E-state index in [1.54, 1.807) is 0 Å². The minimum atomic E-state index is 0.390. The Hall–Kier alpha value is -1.35. The van der Waals surface area contributed by atoms with Crippen molar-refractivity contribution < 1.29 is 0 Å². The number of rotatable bonds is 1. The van der Waals surface area contributed by atoms with Crippen LogP contribution in [0.4, 0.5) is 0 Å². The Labute approximate surface area is 82.5 Å². The first-order valence-electron chi connectivity index (χ1n) is 5.02. The SMILES string of the molecule is NC1CC(n2cnc3ccccc32)C1. The van der Waals surface area contributed by atoms with E-state index in [1.165, 1.54) is 5.52 Å². The van der Waals surface area contributed by atoms with Crippen LogP contribution in [-0.4, -0.2) is 15.6 Å². The Morgan fingerprint density at radius 1 is 1.29 bits per heavy atom. The van der Waals surface area contributed by atoms with Crippen molar-refractivity contribution in [2.75, 3.05) is 0 Å². The van der Waals surface area contributed by atoms with Gasteiger partial charge in [0.25, 0.3) is 0 Å². The first-order valence-corrected chi connectivity index (χ1v) is 5.02. The molecule has 0 radical (unpaired) electrons. The van der Waals surface area contributed by atoms with Gasteiger partial charge in [-0.15, -0.1) is 0 Å². The van der Waals surface area contributed by atoms with Crippen LogP contribution < -0.4 is 5.73 Å². The molecule has 1 heterocycles. The fourth-order valence-electron chi connectivity index (χ4n) is 2.13. The molecule has 3 heteroatoms. The lowest BCUT2D eigenvalue weighted by molar-refractivity contribution is 0.272. The van der Waals surface area contributed by atoms with Gasteiger partial charge in [0.1, 0.15) is 0 Å². The molecule has 1 aromatic heterocycles. The molecule has 1 aromatic carbocycles. The summed E-state index contributed by atoms with van der Waals surface area (Å²) in [6.07, 6.45) is 4.10. The highest BCUT2D eigenvalue weighted by atomic mass is 15.1. The molecule has 14 heavy (non-hydrogen) atoms. The minimum absolute atomic E-state index is 0.390. The molecular formula is C11H13N3. The van der Waals surface area contributed by atoms with Crippen molar-refractivity contribution in [2.45, 2.75) is 24.9 Å². The van der Waals surface area contributed by atoms with Gasteiger partial charge < -0.3 is 10.3 Å². The third-order valence-electron chi connectivity index (χ3n) is 3.02. The lowest BCUT2D eigenvalue weighted by Crippen LogP contribution is -2.37. The largest absolute Gasteiger partial charge is 0.328 e. The molecule has 72 valence electrons. The van der Waals surface area contributed by atoms with Gasteiger partial charge in [-0.05, 0) is 25.0 Å². The summed E-state index contributed by atoms with van der Waals surface area (Å²) in [7, 11) is 0. The maximum absolute atomic E-state index is 5.79. The van der Waals surface area contributed by atoms with E-state index < -0.39 is 0 Å². The summed E-state index contributed by atoms with van der Waals surface area (Å²) < 4.78 is 2.25. The predicted molar refractivity (Wildman–Crippen MR) is 56.0 cm³/mol. The van der Waals surface area contributed by atoms with Crippen LogP contribution in [0.25, 0.3) is 11.0 Å². The Morgan fingerprint density at radius 2 is 2.07 bits per heavy atom. The quantitative estimate of drug-likeness (QED) is 0.738. The van der Waals surface area contributed by atoms with Gasteiger partial charge in [-0.2, -0.15) is 0 Å². The normalized spacial score (nSPS) is 26.4. The van der Waals surface area contributed by atoms with Crippen LogP contribution in [0.2, 0.25) is 0 Å². The first-order chi connectivity index (χ1) is 6.84. The van der Waals surface area contributed by atoms with Gasteiger partial charge in [-0.3, -0.25) is 0 Å². The third kappa shape index (κ3) is 1.06. The van der Waals surface area contributed by atoms with Gasteiger partial charge in [0.2, 0.25) is 0 Å². The lowest BCUT2D eigenvalue weighted by Gasteiger charge is -2.33. The second kappa shape index (κ2) is 2.82. The van der Waals surface area contributed by atoms with Crippen LogP contribution in [0.1, 0.15) is 18.9 Å². The van der Waals surface area contributed by atoms with E-state index in [1.807, 2.05) is 18.5 Å². The predicted octanol–water partition coefficient (Wildman–Crippen LogP) is 1.70. The van der Waals surface area contributed by atoms with Gasteiger partial charge >= 0.3 is 0 Å². The molecule has 1 aliphatic rings. The van der Waals surface area contributed by atoms with Crippen LogP contribution in [0.5, 0.6) is 0 Å². The van der Waals surface area contributed by atoms with Crippen LogP contribution in [-0.2, 0) is 0 Å². The molecule has 2 N–H and O–H groups in total. The van der Waals surface area contributed by atoms with E-state index in [0.29, 0.717) is 12.1 Å². The number of fused-ring (bicyclic) bond motifs is 1. The molecular weight excluding hydrogens is 174 g/mol. The Kier molecular flexibility index (Phi) is 1.61. The smallest absolute Gasteiger partial charge is 0.0960 e. The lowest BCUT2D eigenvalue weighted by atomic mass is 9.87. The number of aromatic nitrogens is 2. The number of hydrogen-bond acceptors (Lipinski definition) is 2. The molecule has 1 fully saturated rings. The summed E-state index contributed by atoms with van der Waals surface area (Å²) in [6.45, 7) is 0. The van der Waals surface area contributed by atoms with Gasteiger partial charge in [-0.1, -0.05) is 12.1 Å². The standard InChI is InChI=1S/C11H13N3/c12-8-5-9(6-8)14-7-13-10-3-1-2-4-11(10)14/h1-4,7-9H,5-6,12H2. The summed E-state index contributed by atoms with van der Waals surface area (Å²) in [5, 5.41) is 0. The molecule has 0 bridgehead atoms. The van der Waals surface area contributed by atoms with Crippen molar-refractivity contribution in [3.63, 3.8) is 0 Å². The number of nitrogens with two attached hydrogens (primary N) is 1. The highest BCUT2D eigenvalue weighted by Gasteiger charge is 2.27. The van der Waals surface area contributed by atoms with Crippen molar-refractivity contribution >= 4 is 11.0 Å². The number of hydrogen-bond donors (Lipinski definition) is 1. The van der Waals surface area contributed by atoms with Crippen LogP contribution >= 0.6 is 0 Å². The zero-order valence-electron chi connectivity index (χ0n) is 7.93. The molecule has 3 rings (SSSR count). The Morgan fingerprint density at radius 3 is 2.86 bits per heavy atom. The van der Waals surface area contributed by atoms with Crippen molar-refractivity contribution in [1.82, 2.24) is 9.55 Å². The van der Waals surface area contributed by atoms with E-state index in [4.69, 9.17) is 5.73 Å². The second-order valence-electron chi connectivity index (χ2n) is 4.03. The molecule has 0 saturated heterocycles. The molecule has 2 aromatic rings. The molecule has 0 spiro atoms. The summed E-state index contributed by atoms with van der Waals surface area (Å²) in [6, 6.07) is 9.19. The van der Waals surface area contributed by atoms with Crippen molar-refractivity contribution in [3.8, 4) is 0 Å². The molecule has 0 aliphatic heterocycles. The third-order valence-corrected chi connectivity index (χ3v) is 3.02.